The molecule has 0 radical (unpaired) electrons. The fourth-order valence-corrected chi connectivity index (χ4v) is 4.97. The van der Waals surface area contributed by atoms with Crippen molar-refractivity contribution >= 4 is 5.97 Å². The van der Waals surface area contributed by atoms with Crippen molar-refractivity contribution in [3.63, 3.8) is 0 Å². The van der Waals surface area contributed by atoms with Crippen LogP contribution in [0.2, 0.25) is 0 Å². The summed E-state index contributed by atoms with van der Waals surface area (Å²) in [4.78, 5) is 26.5. The quantitative estimate of drug-likeness (QED) is 0.723. The molecule has 30 heavy (non-hydrogen) atoms. The molecule has 7 nitrogen and oxygen atoms in total. The Kier molecular flexibility index (Phi) is 4.55. The van der Waals surface area contributed by atoms with Crippen LogP contribution in [0.15, 0.2) is 53.6 Å². The van der Waals surface area contributed by atoms with Gasteiger partial charge in [0.05, 0.1) is 11.8 Å². The maximum atomic E-state index is 12.9. The normalized spacial score (nSPS) is 20.7. The van der Waals surface area contributed by atoms with Crippen LogP contribution in [-0.2, 0) is 20.1 Å². The molecule has 154 valence electrons. The Morgan fingerprint density at radius 3 is 2.63 bits per heavy atom. The van der Waals surface area contributed by atoms with Crippen molar-refractivity contribution < 1.29 is 9.90 Å². The third-order valence-corrected chi connectivity index (χ3v) is 6.26. The molecule has 0 aliphatic carbocycles. The Morgan fingerprint density at radius 1 is 1.13 bits per heavy atom. The maximum Gasteiger partial charge on any atom is 0.335 e. The Bertz CT molecular complexity index is 1160. The first-order chi connectivity index (χ1) is 14.5. The van der Waals surface area contributed by atoms with E-state index in [9.17, 15) is 9.59 Å². The first-order valence-electron chi connectivity index (χ1n) is 10.2. The Morgan fingerprint density at radius 2 is 1.93 bits per heavy atom. The van der Waals surface area contributed by atoms with Gasteiger partial charge >= 0.3 is 5.97 Å². The van der Waals surface area contributed by atoms with Gasteiger partial charge in [-0.25, -0.2) is 4.79 Å². The van der Waals surface area contributed by atoms with Gasteiger partial charge in [0, 0.05) is 62.7 Å². The van der Waals surface area contributed by atoms with Crippen molar-refractivity contribution in [2.24, 2.45) is 13.0 Å². The molecule has 2 aromatic heterocycles. The van der Waals surface area contributed by atoms with Crippen LogP contribution >= 0.6 is 0 Å². The number of hydrogen-bond acceptors (Lipinski definition) is 4. The third-order valence-electron chi connectivity index (χ3n) is 6.26. The summed E-state index contributed by atoms with van der Waals surface area (Å²) in [7, 11) is 1.93. The number of carbonyl (C=O) groups is 1. The smallest absolute Gasteiger partial charge is 0.335 e. The number of aromatic carboxylic acids is 1. The monoisotopic (exact) mass is 404 g/mol. The van der Waals surface area contributed by atoms with Gasteiger partial charge in [0.25, 0.3) is 5.56 Å². The van der Waals surface area contributed by atoms with Crippen LogP contribution in [0.5, 0.6) is 0 Å². The van der Waals surface area contributed by atoms with Gasteiger partial charge in [-0.1, -0.05) is 12.1 Å². The lowest BCUT2D eigenvalue weighted by molar-refractivity contribution is 0.0697. The highest BCUT2D eigenvalue weighted by Gasteiger charge is 2.35. The van der Waals surface area contributed by atoms with E-state index >= 15 is 0 Å². The topological polar surface area (TPSA) is 80.4 Å². The standard InChI is InChI=1S/C23H24N4O3/c1-25-10-16(9-24-25)12-26-11-15-6-20(14-26)21-7-19(8-22(28)27(21)13-15)17-2-4-18(5-3-17)23(29)30/h2-5,7-10,15,20H,6,11-14H2,1H3,(H,29,30)/t15-,20+/m0/s1. The molecular formula is C23H24N4O3. The molecule has 2 bridgehead atoms. The van der Waals surface area contributed by atoms with Crippen LogP contribution in [0.4, 0.5) is 0 Å². The average Bonchev–Trinajstić information content (AvgIpc) is 3.13. The number of carboxylic acid groups (broad SMARTS) is 1. The van der Waals surface area contributed by atoms with Gasteiger partial charge in [-0.2, -0.15) is 5.10 Å². The van der Waals surface area contributed by atoms with E-state index in [1.54, 1.807) is 30.3 Å². The molecule has 1 fully saturated rings. The van der Waals surface area contributed by atoms with Crippen LogP contribution in [-0.4, -0.2) is 43.4 Å². The van der Waals surface area contributed by atoms with Crippen molar-refractivity contribution in [2.75, 3.05) is 13.1 Å². The number of nitrogens with zero attached hydrogens (tertiary/aromatic N) is 4. The molecular weight excluding hydrogens is 380 g/mol. The summed E-state index contributed by atoms with van der Waals surface area (Å²) >= 11 is 0. The zero-order valence-electron chi connectivity index (χ0n) is 16.9. The van der Waals surface area contributed by atoms with Gasteiger partial charge in [-0.05, 0) is 41.7 Å². The number of aromatic nitrogens is 3. The predicted octanol–water partition coefficient (Wildman–Crippen LogP) is 2.57. The number of likely N-dealkylation sites (tertiary alicyclic amines) is 1. The number of aryl methyl sites for hydroxylation is 1. The molecule has 0 amide bonds. The summed E-state index contributed by atoms with van der Waals surface area (Å²) in [6.07, 6.45) is 5.08. The second-order valence-corrected chi connectivity index (χ2v) is 8.52. The largest absolute Gasteiger partial charge is 0.478 e. The second-order valence-electron chi connectivity index (χ2n) is 8.52. The zero-order chi connectivity index (χ0) is 20.8. The number of hydrogen-bond donors (Lipinski definition) is 1. The summed E-state index contributed by atoms with van der Waals surface area (Å²) < 4.78 is 3.77. The van der Waals surface area contributed by atoms with Crippen molar-refractivity contribution in [1.29, 1.82) is 0 Å². The number of rotatable bonds is 4. The van der Waals surface area contributed by atoms with Crippen LogP contribution < -0.4 is 5.56 Å². The molecule has 1 N–H and O–H groups in total. The van der Waals surface area contributed by atoms with Gasteiger partial charge in [0.1, 0.15) is 0 Å². The summed E-state index contributed by atoms with van der Waals surface area (Å²) in [6, 6.07) is 10.5. The van der Waals surface area contributed by atoms with Crippen LogP contribution in [0, 0.1) is 5.92 Å². The first-order valence-corrected chi connectivity index (χ1v) is 10.2. The zero-order valence-corrected chi connectivity index (χ0v) is 16.9. The molecule has 0 saturated carbocycles. The Hall–Kier alpha value is -3.19. The Balaban J connectivity index is 1.44. The molecule has 4 heterocycles. The summed E-state index contributed by atoms with van der Waals surface area (Å²) in [5, 5.41) is 13.4. The van der Waals surface area contributed by atoms with E-state index in [2.05, 4.69) is 22.3 Å². The summed E-state index contributed by atoms with van der Waals surface area (Å²) in [6.45, 7) is 3.55. The van der Waals surface area contributed by atoms with E-state index in [0.29, 0.717) is 11.8 Å². The molecule has 2 aliphatic rings. The van der Waals surface area contributed by atoms with E-state index in [-0.39, 0.29) is 11.1 Å². The minimum absolute atomic E-state index is 0.0280. The van der Waals surface area contributed by atoms with Gasteiger partial charge in [-0.3, -0.25) is 14.4 Å². The number of fused-ring (bicyclic) bond motifs is 4. The molecule has 2 aliphatic heterocycles. The summed E-state index contributed by atoms with van der Waals surface area (Å²) in [5.74, 6) is -0.152. The third kappa shape index (κ3) is 3.45. The van der Waals surface area contributed by atoms with E-state index in [4.69, 9.17) is 5.11 Å². The van der Waals surface area contributed by atoms with Gasteiger partial charge in [0.2, 0.25) is 0 Å². The summed E-state index contributed by atoms with van der Waals surface area (Å²) in [5.41, 5.74) is 4.29. The number of pyridine rings is 1. The number of carboxylic acids is 1. The lowest BCUT2D eigenvalue weighted by atomic mass is 9.82. The SMILES string of the molecule is Cn1cc(CN2C[C@@H]3C[C@H](C2)c2cc(-c4ccc(C(=O)O)cc4)cc(=O)n2C3)cn1. The van der Waals surface area contributed by atoms with Gasteiger partial charge in [-0.15, -0.1) is 0 Å². The van der Waals surface area contributed by atoms with E-state index < -0.39 is 5.97 Å². The van der Waals surface area contributed by atoms with Crippen LogP contribution in [0.25, 0.3) is 11.1 Å². The van der Waals surface area contributed by atoms with Crippen molar-refractivity contribution in [3.8, 4) is 11.1 Å². The van der Waals surface area contributed by atoms with Crippen molar-refractivity contribution in [3.05, 3.63) is 76.0 Å². The molecule has 0 spiro atoms. The molecule has 0 unspecified atom stereocenters. The van der Waals surface area contributed by atoms with Crippen molar-refractivity contribution in [2.45, 2.75) is 25.4 Å². The average molecular weight is 404 g/mol. The highest BCUT2D eigenvalue weighted by molar-refractivity contribution is 5.88. The fourth-order valence-electron chi connectivity index (χ4n) is 4.97. The molecule has 1 aromatic carbocycles. The first kappa shape index (κ1) is 18.8. The lowest BCUT2D eigenvalue weighted by Crippen LogP contribution is -2.46. The molecule has 7 heteroatoms. The van der Waals surface area contributed by atoms with Crippen LogP contribution in [0.1, 0.15) is 34.0 Å². The maximum absolute atomic E-state index is 12.9. The highest BCUT2D eigenvalue weighted by Crippen LogP contribution is 2.37. The second kappa shape index (κ2) is 7.25. The molecule has 5 rings (SSSR count). The predicted molar refractivity (Wildman–Crippen MR) is 112 cm³/mol. The number of benzene rings is 1. The molecule has 1 saturated heterocycles. The van der Waals surface area contributed by atoms with E-state index in [1.165, 1.54) is 5.56 Å². The highest BCUT2D eigenvalue weighted by atomic mass is 16.4. The molecule has 2 atom stereocenters. The van der Waals surface area contributed by atoms with Crippen LogP contribution in [0.3, 0.4) is 0 Å². The van der Waals surface area contributed by atoms with Crippen molar-refractivity contribution in [1.82, 2.24) is 19.2 Å². The molecule has 3 aromatic rings. The number of piperidine rings is 1. The fraction of sp³-hybridized carbons (Fsp3) is 0.348. The Labute approximate surface area is 174 Å². The minimum atomic E-state index is -0.950. The van der Waals surface area contributed by atoms with Gasteiger partial charge < -0.3 is 9.67 Å². The van der Waals surface area contributed by atoms with E-state index in [0.717, 1.165) is 49.4 Å². The minimum Gasteiger partial charge on any atom is -0.478 e. The van der Waals surface area contributed by atoms with Gasteiger partial charge in [0.15, 0.2) is 0 Å². The lowest BCUT2D eigenvalue weighted by Gasteiger charge is -2.42. The van der Waals surface area contributed by atoms with E-state index in [1.807, 2.05) is 22.5 Å².